The lowest BCUT2D eigenvalue weighted by Gasteiger charge is -2.22. The van der Waals surface area contributed by atoms with Crippen molar-refractivity contribution >= 4 is 23.5 Å². The van der Waals surface area contributed by atoms with Gasteiger partial charge >= 0.3 is 0 Å². The molecule has 164 valence electrons. The molecule has 31 heavy (non-hydrogen) atoms. The Morgan fingerprint density at radius 2 is 1.74 bits per heavy atom. The van der Waals surface area contributed by atoms with Crippen LogP contribution in [0.1, 0.15) is 57.1 Å². The maximum Gasteiger partial charge on any atom is 0.250 e. The van der Waals surface area contributed by atoms with Gasteiger partial charge in [0.1, 0.15) is 5.84 Å². The van der Waals surface area contributed by atoms with E-state index in [4.69, 9.17) is 5.73 Å². The van der Waals surface area contributed by atoms with E-state index in [0.717, 1.165) is 53.9 Å². The molecule has 3 N–H and O–H groups in total. The molecule has 1 aliphatic rings. The standard InChI is InChI=1S/C26H33N3O2/c1-4-12-29(13-5-2)26(31)23-14-22-11-10-21(15-24(22)28-25(27)16-23)20-8-6-19(7-9-20)18(3)17-30/h6-11,14-15,18,30H,4-5,12-13,16-17H2,1-3H3,(H2,27,28). The first-order valence-electron chi connectivity index (χ1n) is 11.1. The van der Waals surface area contributed by atoms with Crippen molar-refractivity contribution in [3.8, 4) is 11.1 Å². The largest absolute Gasteiger partial charge is 0.396 e. The fourth-order valence-corrected chi connectivity index (χ4v) is 3.87. The number of aliphatic imine (C=N–C) groups is 1. The van der Waals surface area contributed by atoms with E-state index in [-0.39, 0.29) is 18.4 Å². The zero-order valence-corrected chi connectivity index (χ0v) is 18.8. The summed E-state index contributed by atoms with van der Waals surface area (Å²) in [6.07, 6.45) is 4.16. The number of nitrogens with two attached hydrogens (primary N) is 1. The number of carbonyl (C=O) groups is 1. The zero-order chi connectivity index (χ0) is 22.4. The van der Waals surface area contributed by atoms with Gasteiger partial charge in [0.05, 0.1) is 5.69 Å². The quantitative estimate of drug-likeness (QED) is 0.640. The summed E-state index contributed by atoms with van der Waals surface area (Å²) in [7, 11) is 0. The Balaban J connectivity index is 1.92. The first-order chi connectivity index (χ1) is 15.0. The number of amidine groups is 1. The number of carbonyl (C=O) groups excluding carboxylic acids is 1. The van der Waals surface area contributed by atoms with E-state index < -0.39 is 0 Å². The fraction of sp³-hybridized carbons (Fsp3) is 0.385. The second-order valence-corrected chi connectivity index (χ2v) is 8.22. The predicted molar refractivity (Wildman–Crippen MR) is 128 cm³/mol. The van der Waals surface area contributed by atoms with Crippen molar-refractivity contribution in [2.75, 3.05) is 19.7 Å². The number of hydrogen-bond donors (Lipinski definition) is 2. The van der Waals surface area contributed by atoms with Crippen molar-refractivity contribution in [1.82, 2.24) is 4.90 Å². The third-order valence-electron chi connectivity index (χ3n) is 5.63. The van der Waals surface area contributed by atoms with Gasteiger partial charge in [0.15, 0.2) is 0 Å². The molecule has 0 aromatic heterocycles. The van der Waals surface area contributed by atoms with Crippen molar-refractivity contribution < 1.29 is 9.90 Å². The molecule has 0 bridgehead atoms. The minimum Gasteiger partial charge on any atom is -0.396 e. The molecule has 5 heteroatoms. The monoisotopic (exact) mass is 419 g/mol. The number of aliphatic hydroxyl groups is 1. The fourth-order valence-electron chi connectivity index (χ4n) is 3.87. The van der Waals surface area contributed by atoms with E-state index in [2.05, 4.69) is 37.0 Å². The summed E-state index contributed by atoms with van der Waals surface area (Å²) in [4.78, 5) is 19.6. The second kappa shape index (κ2) is 10.4. The average Bonchev–Trinajstić information content (AvgIpc) is 2.95. The average molecular weight is 420 g/mol. The number of aliphatic hydroxyl groups excluding tert-OH is 1. The zero-order valence-electron chi connectivity index (χ0n) is 18.8. The molecule has 0 saturated carbocycles. The Labute approximate surface area is 185 Å². The molecule has 2 aromatic carbocycles. The maximum atomic E-state index is 13.1. The number of rotatable bonds is 8. The highest BCUT2D eigenvalue weighted by Crippen LogP contribution is 2.32. The normalized spacial score (nSPS) is 14.2. The van der Waals surface area contributed by atoms with Crippen molar-refractivity contribution in [2.45, 2.75) is 46.0 Å². The molecule has 2 aromatic rings. The predicted octanol–water partition coefficient (Wildman–Crippen LogP) is 4.87. The number of benzene rings is 2. The van der Waals surface area contributed by atoms with Gasteiger partial charge in [-0.1, -0.05) is 57.2 Å². The molecule has 1 unspecified atom stereocenters. The molecular formula is C26H33N3O2. The lowest BCUT2D eigenvalue weighted by molar-refractivity contribution is -0.127. The SMILES string of the molecule is CCCN(CCC)C(=O)C1=Cc2ccc(-c3ccc(C(C)CO)cc3)cc2N=C(N)C1. The van der Waals surface area contributed by atoms with Crippen molar-refractivity contribution in [1.29, 1.82) is 0 Å². The molecule has 0 fully saturated rings. The van der Waals surface area contributed by atoms with Crippen LogP contribution in [0.3, 0.4) is 0 Å². The molecule has 5 nitrogen and oxygen atoms in total. The van der Waals surface area contributed by atoms with E-state index in [0.29, 0.717) is 17.8 Å². The van der Waals surface area contributed by atoms with E-state index >= 15 is 0 Å². The summed E-state index contributed by atoms with van der Waals surface area (Å²) >= 11 is 0. The van der Waals surface area contributed by atoms with Gasteiger partial charge in [-0.15, -0.1) is 0 Å². The first-order valence-corrected chi connectivity index (χ1v) is 11.1. The highest BCUT2D eigenvalue weighted by Gasteiger charge is 2.21. The van der Waals surface area contributed by atoms with Crippen LogP contribution in [0.5, 0.6) is 0 Å². The van der Waals surface area contributed by atoms with Gasteiger partial charge in [0.25, 0.3) is 0 Å². The molecule has 1 aliphatic heterocycles. The third-order valence-corrected chi connectivity index (χ3v) is 5.63. The van der Waals surface area contributed by atoms with Crippen LogP contribution in [-0.4, -0.2) is 41.4 Å². The summed E-state index contributed by atoms with van der Waals surface area (Å²) in [5.74, 6) is 0.620. The van der Waals surface area contributed by atoms with Gasteiger partial charge in [-0.25, -0.2) is 4.99 Å². The van der Waals surface area contributed by atoms with Crippen LogP contribution in [0.25, 0.3) is 17.2 Å². The lowest BCUT2D eigenvalue weighted by Crippen LogP contribution is -2.34. The topological polar surface area (TPSA) is 78.9 Å². The highest BCUT2D eigenvalue weighted by molar-refractivity contribution is 6.05. The van der Waals surface area contributed by atoms with Gasteiger partial charge < -0.3 is 15.7 Å². The Bertz CT molecular complexity index is 971. The molecular weight excluding hydrogens is 386 g/mol. The van der Waals surface area contributed by atoms with E-state index in [1.165, 1.54) is 0 Å². The Morgan fingerprint density at radius 3 is 2.35 bits per heavy atom. The van der Waals surface area contributed by atoms with Crippen LogP contribution in [0.15, 0.2) is 53.0 Å². The molecule has 1 amide bonds. The summed E-state index contributed by atoms with van der Waals surface area (Å²) in [5, 5.41) is 9.35. The molecule has 0 aliphatic carbocycles. The molecule has 1 heterocycles. The van der Waals surface area contributed by atoms with Gasteiger partial charge in [0.2, 0.25) is 5.91 Å². The van der Waals surface area contributed by atoms with Crippen LogP contribution in [0, 0.1) is 0 Å². The number of amides is 1. The molecule has 3 rings (SSSR count). The first kappa shape index (κ1) is 22.8. The summed E-state index contributed by atoms with van der Waals surface area (Å²) in [6, 6.07) is 14.3. The van der Waals surface area contributed by atoms with Crippen molar-refractivity contribution in [3.05, 3.63) is 59.2 Å². The van der Waals surface area contributed by atoms with Crippen molar-refractivity contribution in [3.63, 3.8) is 0 Å². The lowest BCUT2D eigenvalue weighted by atomic mass is 9.97. The number of fused-ring (bicyclic) bond motifs is 1. The minimum atomic E-state index is 0.0485. The Morgan fingerprint density at radius 1 is 1.10 bits per heavy atom. The van der Waals surface area contributed by atoms with Crippen LogP contribution in [0.4, 0.5) is 5.69 Å². The van der Waals surface area contributed by atoms with Crippen LogP contribution < -0.4 is 5.73 Å². The van der Waals surface area contributed by atoms with Gasteiger partial charge in [-0.2, -0.15) is 0 Å². The summed E-state index contributed by atoms with van der Waals surface area (Å²) < 4.78 is 0. The van der Waals surface area contributed by atoms with Gasteiger partial charge in [0, 0.05) is 43.2 Å². The van der Waals surface area contributed by atoms with E-state index in [1.807, 2.05) is 42.2 Å². The van der Waals surface area contributed by atoms with Crippen LogP contribution in [-0.2, 0) is 4.79 Å². The van der Waals surface area contributed by atoms with E-state index in [1.54, 1.807) is 0 Å². The number of nitrogens with zero attached hydrogens (tertiary/aromatic N) is 2. The Hall–Kier alpha value is -2.92. The van der Waals surface area contributed by atoms with Crippen molar-refractivity contribution in [2.24, 2.45) is 10.7 Å². The molecule has 0 radical (unpaired) electrons. The third kappa shape index (κ3) is 5.42. The van der Waals surface area contributed by atoms with Gasteiger partial charge in [-0.05, 0) is 41.7 Å². The van der Waals surface area contributed by atoms with E-state index in [9.17, 15) is 9.90 Å². The minimum absolute atomic E-state index is 0.0485. The smallest absolute Gasteiger partial charge is 0.250 e. The Kier molecular flexibility index (Phi) is 7.64. The molecule has 1 atom stereocenters. The molecule has 0 saturated heterocycles. The second-order valence-electron chi connectivity index (χ2n) is 8.22. The maximum absolute atomic E-state index is 13.1. The van der Waals surface area contributed by atoms with Crippen LogP contribution in [0.2, 0.25) is 0 Å². The van der Waals surface area contributed by atoms with Gasteiger partial charge in [-0.3, -0.25) is 4.79 Å². The van der Waals surface area contributed by atoms with Crippen LogP contribution >= 0.6 is 0 Å². The summed E-state index contributed by atoms with van der Waals surface area (Å²) in [5.41, 5.74) is 11.8. The number of hydrogen-bond acceptors (Lipinski definition) is 4. The molecule has 0 spiro atoms. The highest BCUT2D eigenvalue weighted by atomic mass is 16.3. The summed E-state index contributed by atoms with van der Waals surface area (Å²) in [6.45, 7) is 7.80.